The summed E-state index contributed by atoms with van der Waals surface area (Å²) in [4.78, 5) is 26.8. The van der Waals surface area contributed by atoms with E-state index in [-0.39, 0.29) is 12.4 Å². The van der Waals surface area contributed by atoms with Gasteiger partial charge in [0.05, 0.1) is 26.0 Å². The van der Waals surface area contributed by atoms with Crippen molar-refractivity contribution < 1.29 is 32.3 Å². The van der Waals surface area contributed by atoms with Crippen molar-refractivity contribution in [2.75, 3.05) is 32.4 Å². The molecule has 1 aliphatic rings. The van der Waals surface area contributed by atoms with Crippen LogP contribution >= 0.6 is 19.3 Å². The number of ether oxygens (including phenoxy) is 2. The zero-order valence-corrected chi connectivity index (χ0v) is 19.6. The van der Waals surface area contributed by atoms with Crippen LogP contribution in [0.3, 0.4) is 0 Å². The van der Waals surface area contributed by atoms with Gasteiger partial charge in [0, 0.05) is 6.38 Å². The van der Waals surface area contributed by atoms with Crippen molar-refractivity contribution in [1.29, 1.82) is 0 Å². The number of hydrogen-bond acceptors (Lipinski definition) is 9. The number of nitrogens with zero attached hydrogens (tertiary/aromatic N) is 2. The molecule has 1 fully saturated rings. The standard InChI is InChI=1S/C18H22FN4O7P.CH3Cl/c1-27-16(24)9-21-31(26,30-12-5-3-2-4-6-12)28-11-13-7-8-15(29-13)23-10-14(19)17(20)22-18(23)25;1-2/h2-6,10,13,15H,7-9,11H2,1H3,(H,21,26)(H2,20,22,25);1H3. The maximum atomic E-state index is 13.7. The van der Waals surface area contributed by atoms with Gasteiger partial charge in [-0.05, 0) is 25.0 Å². The van der Waals surface area contributed by atoms with E-state index in [9.17, 15) is 18.5 Å². The van der Waals surface area contributed by atoms with Crippen LogP contribution in [0.15, 0.2) is 41.3 Å². The summed E-state index contributed by atoms with van der Waals surface area (Å²) < 4.78 is 48.9. The van der Waals surface area contributed by atoms with Crippen LogP contribution in [0.4, 0.5) is 10.2 Å². The minimum atomic E-state index is -3.96. The molecule has 14 heteroatoms. The maximum Gasteiger partial charge on any atom is 0.459 e. The van der Waals surface area contributed by atoms with Crippen molar-refractivity contribution in [2.24, 2.45) is 0 Å². The molecule has 1 aliphatic heterocycles. The lowest BCUT2D eigenvalue weighted by molar-refractivity contribution is -0.139. The van der Waals surface area contributed by atoms with Gasteiger partial charge in [0.2, 0.25) is 0 Å². The molecule has 11 nitrogen and oxygen atoms in total. The van der Waals surface area contributed by atoms with E-state index in [2.05, 4.69) is 26.4 Å². The van der Waals surface area contributed by atoms with E-state index in [1.165, 1.54) is 13.5 Å². The van der Waals surface area contributed by atoms with Crippen molar-refractivity contribution in [2.45, 2.75) is 25.2 Å². The minimum Gasteiger partial charge on any atom is -0.468 e. The van der Waals surface area contributed by atoms with Crippen LogP contribution in [0, 0.1) is 5.82 Å². The zero-order chi connectivity index (χ0) is 24.4. The van der Waals surface area contributed by atoms with Gasteiger partial charge in [0.1, 0.15) is 18.5 Å². The van der Waals surface area contributed by atoms with E-state index in [4.69, 9.17) is 19.5 Å². The maximum absolute atomic E-state index is 13.7. The lowest BCUT2D eigenvalue weighted by Gasteiger charge is -2.21. The van der Waals surface area contributed by atoms with Gasteiger partial charge in [-0.3, -0.25) is 13.9 Å². The van der Waals surface area contributed by atoms with Crippen LogP contribution < -0.4 is 21.0 Å². The summed E-state index contributed by atoms with van der Waals surface area (Å²) in [6.45, 7) is -0.574. The zero-order valence-electron chi connectivity index (χ0n) is 18.0. The molecule has 2 heterocycles. The number of carbonyl (C=O) groups is 1. The second-order valence-electron chi connectivity index (χ2n) is 6.56. The Kier molecular flexibility index (Phi) is 10.3. The highest BCUT2D eigenvalue weighted by Crippen LogP contribution is 2.45. The molecule has 0 saturated carbocycles. The third kappa shape index (κ3) is 7.79. The number of nitrogens with two attached hydrogens (primary N) is 1. The van der Waals surface area contributed by atoms with E-state index < -0.39 is 49.9 Å². The average molecular weight is 507 g/mol. The largest absolute Gasteiger partial charge is 0.468 e. The summed E-state index contributed by atoms with van der Waals surface area (Å²) in [7, 11) is -2.77. The van der Waals surface area contributed by atoms with E-state index in [1.54, 1.807) is 30.3 Å². The van der Waals surface area contributed by atoms with Gasteiger partial charge < -0.3 is 19.7 Å². The molecule has 0 radical (unpaired) electrons. The fraction of sp³-hybridized carbons (Fsp3) is 0.421. The van der Waals surface area contributed by atoms with Crippen molar-refractivity contribution >= 4 is 31.1 Å². The number of carbonyl (C=O) groups excluding carboxylic acids is 1. The molecule has 1 aromatic heterocycles. The number of para-hydroxylation sites is 1. The Hall–Kier alpha value is -2.50. The van der Waals surface area contributed by atoms with Gasteiger partial charge in [-0.15, -0.1) is 11.6 Å². The molecule has 0 spiro atoms. The van der Waals surface area contributed by atoms with Crippen LogP contribution in [0.25, 0.3) is 0 Å². The quantitative estimate of drug-likeness (QED) is 0.295. The lowest BCUT2D eigenvalue weighted by Crippen LogP contribution is -2.29. The van der Waals surface area contributed by atoms with E-state index >= 15 is 0 Å². The third-order valence-corrected chi connectivity index (χ3v) is 5.86. The number of aromatic nitrogens is 2. The molecule has 3 rings (SSSR count). The predicted molar refractivity (Wildman–Crippen MR) is 118 cm³/mol. The van der Waals surface area contributed by atoms with Crippen LogP contribution in [0.2, 0.25) is 0 Å². The third-order valence-electron chi connectivity index (χ3n) is 4.37. The molecular weight excluding hydrogens is 482 g/mol. The average Bonchev–Trinajstić information content (AvgIpc) is 3.29. The first-order valence-electron chi connectivity index (χ1n) is 9.68. The summed E-state index contributed by atoms with van der Waals surface area (Å²) in [6.07, 6.45) is 1.87. The first-order chi connectivity index (χ1) is 15.8. The van der Waals surface area contributed by atoms with Gasteiger partial charge in [-0.2, -0.15) is 4.98 Å². The number of methoxy groups -OCH3 is 1. The number of nitrogens with one attached hydrogen (secondary N) is 1. The molecule has 33 heavy (non-hydrogen) atoms. The molecular formula is C19H25ClFN4O7P. The predicted octanol–water partition coefficient (Wildman–Crippen LogP) is 2.46. The number of rotatable bonds is 9. The Morgan fingerprint density at radius 2 is 2.06 bits per heavy atom. The van der Waals surface area contributed by atoms with Crippen LogP contribution in [-0.2, 0) is 23.4 Å². The number of benzene rings is 1. The highest BCUT2D eigenvalue weighted by molar-refractivity contribution is 7.52. The monoisotopic (exact) mass is 506 g/mol. The Morgan fingerprint density at radius 3 is 2.73 bits per heavy atom. The number of esters is 1. The highest BCUT2D eigenvalue weighted by atomic mass is 35.5. The van der Waals surface area contributed by atoms with Gasteiger partial charge in [-0.25, -0.2) is 18.8 Å². The van der Waals surface area contributed by atoms with Crippen molar-refractivity contribution in [3.8, 4) is 5.75 Å². The molecule has 3 N–H and O–H groups in total. The second-order valence-corrected chi connectivity index (χ2v) is 8.31. The molecule has 0 bridgehead atoms. The van der Waals surface area contributed by atoms with Crippen molar-refractivity contribution in [3.63, 3.8) is 0 Å². The van der Waals surface area contributed by atoms with Crippen LogP contribution in [0.5, 0.6) is 5.75 Å². The molecule has 182 valence electrons. The Balaban J connectivity index is 0.00000187. The molecule has 1 saturated heterocycles. The molecule has 1 aromatic carbocycles. The lowest BCUT2D eigenvalue weighted by atomic mass is 10.2. The molecule has 0 aliphatic carbocycles. The van der Waals surface area contributed by atoms with Gasteiger partial charge >= 0.3 is 19.4 Å². The van der Waals surface area contributed by atoms with E-state index in [0.29, 0.717) is 12.8 Å². The topological polar surface area (TPSA) is 144 Å². The number of nitrogen functional groups attached to an aromatic ring is 1. The van der Waals surface area contributed by atoms with Gasteiger partial charge in [-0.1, -0.05) is 18.2 Å². The van der Waals surface area contributed by atoms with Gasteiger partial charge in [0.25, 0.3) is 0 Å². The number of anilines is 1. The molecule has 2 aromatic rings. The normalized spacial score (nSPS) is 19.2. The van der Waals surface area contributed by atoms with Crippen molar-refractivity contribution in [1.82, 2.24) is 14.6 Å². The summed E-state index contributed by atoms with van der Waals surface area (Å²) in [5.74, 6) is -1.72. The smallest absolute Gasteiger partial charge is 0.459 e. The van der Waals surface area contributed by atoms with Crippen molar-refractivity contribution in [3.05, 3.63) is 52.8 Å². The highest BCUT2D eigenvalue weighted by Gasteiger charge is 2.33. The summed E-state index contributed by atoms with van der Waals surface area (Å²) in [5, 5.41) is 2.44. The number of halogens is 2. The summed E-state index contributed by atoms with van der Waals surface area (Å²) in [6, 6.07) is 8.27. The molecule has 3 unspecified atom stereocenters. The SMILES string of the molecule is CCl.COC(=O)CNP(=O)(OCC1CCC(n2cc(F)c(N)nc2=O)O1)Oc1ccccc1. The van der Waals surface area contributed by atoms with Gasteiger partial charge in [0.15, 0.2) is 11.6 Å². The first kappa shape index (κ1) is 26.7. The summed E-state index contributed by atoms with van der Waals surface area (Å²) in [5.41, 5.74) is 4.54. The Morgan fingerprint density at radius 1 is 1.36 bits per heavy atom. The fourth-order valence-corrected chi connectivity index (χ4v) is 4.11. The molecule has 0 amide bonds. The number of hydrogen-bond donors (Lipinski definition) is 2. The van der Waals surface area contributed by atoms with Crippen LogP contribution in [0.1, 0.15) is 19.1 Å². The van der Waals surface area contributed by atoms with E-state index in [0.717, 1.165) is 10.8 Å². The number of alkyl halides is 1. The second kappa shape index (κ2) is 12.7. The first-order valence-corrected chi connectivity index (χ1v) is 12.0. The molecule has 3 atom stereocenters. The fourth-order valence-electron chi connectivity index (χ4n) is 2.82. The minimum absolute atomic E-state index is 0.172. The van der Waals surface area contributed by atoms with Crippen LogP contribution in [-0.4, -0.2) is 48.3 Å². The van der Waals surface area contributed by atoms with E-state index in [1.807, 2.05) is 0 Å². The Labute approximate surface area is 194 Å². The Bertz CT molecular complexity index is 1030. The summed E-state index contributed by atoms with van der Waals surface area (Å²) >= 11 is 4.64.